The van der Waals surface area contributed by atoms with Gasteiger partial charge in [0.15, 0.2) is 0 Å². The van der Waals surface area contributed by atoms with Gasteiger partial charge in [0.2, 0.25) is 0 Å². The Kier molecular flexibility index (Phi) is 11.4. The highest BCUT2D eigenvalue weighted by Gasteiger charge is 2.22. The Balaban J connectivity index is 0.869. The van der Waals surface area contributed by atoms with E-state index in [1.165, 1.54) is 0 Å². The Morgan fingerprint density at radius 3 is 1.09 bits per heavy atom. The summed E-state index contributed by atoms with van der Waals surface area (Å²) in [6.07, 6.45) is 0.565. The van der Waals surface area contributed by atoms with Crippen molar-refractivity contribution in [3.05, 3.63) is 97.1 Å². The fourth-order valence-corrected chi connectivity index (χ4v) is 4.69. The summed E-state index contributed by atoms with van der Waals surface area (Å²) < 4.78 is 44.9. The van der Waals surface area contributed by atoms with E-state index in [9.17, 15) is 0 Å². The predicted octanol–water partition coefficient (Wildman–Crippen LogP) is 6.70. The first-order valence-electron chi connectivity index (χ1n) is 16.0. The van der Waals surface area contributed by atoms with E-state index in [2.05, 4.69) is 55.5 Å². The van der Waals surface area contributed by atoms with Gasteiger partial charge >= 0.3 is 0 Å². The SMILES string of the molecule is CC(COc1ccc(-c2ccc(OCCOCC3CO3)cc2)cc1)COc1ccc(-c2ccc(OCCOCC3CO3)cc2)cc1. The van der Waals surface area contributed by atoms with Crippen LogP contribution >= 0.6 is 0 Å². The van der Waals surface area contributed by atoms with Gasteiger partial charge in [-0.15, -0.1) is 0 Å². The molecular weight excluding hydrogens is 584 g/mol. The first-order chi connectivity index (χ1) is 22.7. The number of epoxide rings is 2. The highest BCUT2D eigenvalue weighted by Crippen LogP contribution is 2.27. The molecular formula is C38H42O8. The van der Waals surface area contributed by atoms with Crippen LogP contribution in [0.2, 0.25) is 0 Å². The van der Waals surface area contributed by atoms with Gasteiger partial charge in [-0.2, -0.15) is 0 Å². The third-order valence-corrected chi connectivity index (χ3v) is 7.56. The van der Waals surface area contributed by atoms with Gasteiger partial charge < -0.3 is 37.9 Å². The summed E-state index contributed by atoms with van der Waals surface area (Å²) in [7, 11) is 0. The van der Waals surface area contributed by atoms with Crippen molar-refractivity contribution in [3.8, 4) is 45.3 Å². The summed E-state index contributed by atoms with van der Waals surface area (Å²) in [5.74, 6) is 3.56. The van der Waals surface area contributed by atoms with Gasteiger partial charge in [-0.25, -0.2) is 0 Å². The number of rotatable bonds is 20. The summed E-state index contributed by atoms with van der Waals surface area (Å²) in [4.78, 5) is 0. The highest BCUT2D eigenvalue weighted by atomic mass is 16.6. The van der Waals surface area contributed by atoms with Crippen LogP contribution in [-0.2, 0) is 18.9 Å². The van der Waals surface area contributed by atoms with Crippen molar-refractivity contribution in [3.63, 3.8) is 0 Å². The molecule has 0 amide bonds. The molecule has 8 heteroatoms. The van der Waals surface area contributed by atoms with E-state index in [0.29, 0.717) is 52.9 Å². The fourth-order valence-electron chi connectivity index (χ4n) is 4.69. The number of hydrogen-bond acceptors (Lipinski definition) is 8. The van der Waals surface area contributed by atoms with Crippen LogP contribution in [-0.4, -0.2) is 78.3 Å². The van der Waals surface area contributed by atoms with Gasteiger partial charge in [0.25, 0.3) is 0 Å². The van der Waals surface area contributed by atoms with Crippen molar-refractivity contribution in [2.24, 2.45) is 5.92 Å². The molecule has 242 valence electrons. The third-order valence-electron chi connectivity index (χ3n) is 7.56. The van der Waals surface area contributed by atoms with Crippen LogP contribution in [0.4, 0.5) is 0 Å². The van der Waals surface area contributed by atoms with Crippen molar-refractivity contribution < 1.29 is 37.9 Å². The summed E-state index contributed by atoms with van der Waals surface area (Å²) in [6, 6.07) is 32.5. The molecule has 4 aromatic rings. The van der Waals surface area contributed by atoms with Gasteiger partial charge in [0, 0.05) is 5.92 Å². The highest BCUT2D eigenvalue weighted by molar-refractivity contribution is 5.65. The van der Waals surface area contributed by atoms with Gasteiger partial charge in [-0.1, -0.05) is 55.5 Å². The second-order valence-electron chi connectivity index (χ2n) is 11.6. The van der Waals surface area contributed by atoms with E-state index in [0.717, 1.165) is 58.5 Å². The van der Waals surface area contributed by atoms with E-state index < -0.39 is 0 Å². The van der Waals surface area contributed by atoms with E-state index in [1.807, 2.05) is 48.5 Å². The molecule has 2 unspecified atom stereocenters. The molecule has 8 nitrogen and oxygen atoms in total. The molecule has 0 aromatic heterocycles. The average Bonchev–Trinajstić information content (AvgIpc) is 4.04. The minimum Gasteiger partial charge on any atom is -0.493 e. The van der Waals surface area contributed by atoms with Crippen LogP contribution in [0.5, 0.6) is 23.0 Å². The minimum atomic E-state index is 0.222. The Hall–Kier alpha value is -4.08. The quantitative estimate of drug-likeness (QED) is 0.0792. The molecule has 2 aliphatic rings. The average molecular weight is 627 g/mol. The molecule has 0 aliphatic carbocycles. The zero-order valence-corrected chi connectivity index (χ0v) is 26.3. The Morgan fingerprint density at radius 1 is 0.478 bits per heavy atom. The van der Waals surface area contributed by atoms with E-state index in [-0.39, 0.29) is 18.1 Å². The fraction of sp³-hybridized carbons (Fsp3) is 0.368. The lowest BCUT2D eigenvalue weighted by atomic mass is 10.1. The van der Waals surface area contributed by atoms with Crippen LogP contribution in [0.15, 0.2) is 97.1 Å². The summed E-state index contributed by atoms with van der Waals surface area (Å²) in [6.45, 7) is 8.32. The number of hydrogen-bond donors (Lipinski definition) is 0. The van der Waals surface area contributed by atoms with Crippen LogP contribution in [0.3, 0.4) is 0 Å². The molecule has 46 heavy (non-hydrogen) atoms. The molecule has 6 rings (SSSR count). The standard InChI is InChI=1S/C38H42O8/c1-28(22-43-35-14-6-31(7-15-35)29-2-10-33(11-3-29)41-20-18-39-24-37-26-45-37)23-44-36-16-8-32(9-17-36)30-4-12-34(13-5-30)42-21-19-40-25-38-27-46-38/h2-17,28,37-38H,18-27H2,1H3. The largest absolute Gasteiger partial charge is 0.493 e. The minimum absolute atomic E-state index is 0.222. The molecule has 4 aromatic carbocycles. The smallest absolute Gasteiger partial charge is 0.119 e. The maximum absolute atomic E-state index is 6.04. The molecule has 0 saturated carbocycles. The van der Waals surface area contributed by atoms with Crippen molar-refractivity contribution in [1.29, 1.82) is 0 Å². The zero-order chi connectivity index (χ0) is 31.4. The molecule has 2 aliphatic heterocycles. The first kappa shape index (κ1) is 31.9. The molecule has 0 spiro atoms. The molecule has 2 fully saturated rings. The molecule has 0 radical (unpaired) electrons. The van der Waals surface area contributed by atoms with Gasteiger partial charge in [0.1, 0.15) is 48.4 Å². The summed E-state index contributed by atoms with van der Waals surface area (Å²) in [5.41, 5.74) is 4.49. The topological polar surface area (TPSA) is 80.4 Å². The predicted molar refractivity (Wildman–Crippen MR) is 176 cm³/mol. The van der Waals surface area contributed by atoms with Crippen molar-refractivity contribution >= 4 is 0 Å². The second-order valence-corrected chi connectivity index (χ2v) is 11.6. The van der Waals surface area contributed by atoms with Gasteiger partial charge in [-0.3, -0.25) is 0 Å². The Bertz CT molecular complexity index is 1330. The van der Waals surface area contributed by atoms with Crippen molar-refractivity contribution in [2.75, 3.05) is 66.1 Å². The van der Waals surface area contributed by atoms with Crippen LogP contribution in [0.25, 0.3) is 22.3 Å². The molecule has 2 atom stereocenters. The lowest BCUT2D eigenvalue weighted by Crippen LogP contribution is -2.16. The van der Waals surface area contributed by atoms with Crippen molar-refractivity contribution in [2.45, 2.75) is 19.1 Å². The normalized spacial score (nSPS) is 17.2. The second kappa shape index (κ2) is 16.5. The lowest BCUT2D eigenvalue weighted by molar-refractivity contribution is 0.0878. The van der Waals surface area contributed by atoms with Gasteiger partial charge in [0.05, 0.1) is 52.9 Å². The molecule has 2 saturated heterocycles. The third kappa shape index (κ3) is 10.5. The van der Waals surface area contributed by atoms with Crippen LogP contribution < -0.4 is 18.9 Å². The van der Waals surface area contributed by atoms with Crippen LogP contribution in [0.1, 0.15) is 6.92 Å². The Morgan fingerprint density at radius 2 is 0.783 bits per heavy atom. The van der Waals surface area contributed by atoms with Gasteiger partial charge in [-0.05, 0) is 70.8 Å². The zero-order valence-electron chi connectivity index (χ0n) is 26.3. The molecule has 0 bridgehead atoms. The maximum atomic E-state index is 6.04. The van der Waals surface area contributed by atoms with E-state index in [4.69, 9.17) is 37.9 Å². The summed E-state index contributed by atoms with van der Waals surface area (Å²) in [5, 5.41) is 0. The number of ether oxygens (including phenoxy) is 8. The van der Waals surface area contributed by atoms with Crippen LogP contribution in [0, 0.1) is 5.92 Å². The van der Waals surface area contributed by atoms with Crippen molar-refractivity contribution in [1.82, 2.24) is 0 Å². The summed E-state index contributed by atoms with van der Waals surface area (Å²) >= 11 is 0. The molecule has 2 heterocycles. The molecule has 0 N–H and O–H groups in total. The van der Waals surface area contributed by atoms with E-state index in [1.54, 1.807) is 0 Å². The first-order valence-corrected chi connectivity index (χ1v) is 16.0. The number of benzene rings is 4. The lowest BCUT2D eigenvalue weighted by Gasteiger charge is -2.15. The maximum Gasteiger partial charge on any atom is 0.119 e. The Labute approximate surface area is 271 Å². The monoisotopic (exact) mass is 626 g/mol. The van der Waals surface area contributed by atoms with E-state index >= 15 is 0 Å².